The highest BCUT2D eigenvalue weighted by Gasteiger charge is 2.21. The van der Waals surface area contributed by atoms with Crippen molar-refractivity contribution < 1.29 is 4.79 Å². The second kappa shape index (κ2) is 10.3. The zero-order valence-corrected chi connectivity index (χ0v) is 20.1. The maximum atomic E-state index is 12.7. The van der Waals surface area contributed by atoms with Crippen LogP contribution in [-0.4, -0.2) is 21.6 Å². The summed E-state index contributed by atoms with van der Waals surface area (Å²) in [5, 5.41) is 23.7. The lowest BCUT2D eigenvalue weighted by Gasteiger charge is -2.14. The number of aromatic nitrogens is 2. The number of benzene rings is 2. The molecule has 0 atom stereocenters. The highest BCUT2D eigenvalue weighted by molar-refractivity contribution is 8.00. The van der Waals surface area contributed by atoms with Crippen LogP contribution in [0.5, 0.6) is 0 Å². The molecule has 0 aliphatic heterocycles. The minimum Gasteiger partial charge on any atom is -0.383 e. The standard InChI is InChI=1S/C27H22N6OS/c1-16(2)17-8-10-18(11-9-17)25-20(13-28)26(30)33-27(21(25)14-29)35-15-24(34)32-23-7-3-6-22-19(23)5-4-12-31-22/h3-12,16H,15H2,1-2H3,(H2,30,33)(H,32,34). The number of hydrogen-bond donors (Lipinski definition) is 2. The molecule has 1 amide bonds. The molecule has 35 heavy (non-hydrogen) atoms. The molecule has 0 radical (unpaired) electrons. The number of rotatable bonds is 6. The Kier molecular flexibility index (Phi) is 6.96. The fourth-order valence-corrected chi connectivity index (χ4v) is 4.55. The SMILES string of the molecule is CC(C)c1ccc(-c2c(C#N)c(N)nc(SCC(=O)Nc3cccc4ncccc34)c2C#N)cc1. The van der Waals surface area contributed by atoms with Gasteiger partial charge in [0, 0.05) is 17.1 Å². The van der Waals surface area contributed by atoms with E-state index in [0.29, 0.717) is 27.8 Å². The molecule has 2 aromatic carbocycles. The van der Waals surface area contributed by atoms with Crippen molar-refractivity contribution in [2.24, 2.45) is 0 Å². The van der Waals surface area contributed by atoms with Gasteiger partial charge in [-0.2, -0.15) is 10.5 Å². The molecule has 3 N–H and O–H groups in total. The van der Waals surface area contributed by atoms with Gasteiger partial charge < -0.3 is 11.1 Å². The van der Waals surface area contributed by atoms with E-state index in [2.05, 4.69) is 41.3 Å². The Labute approximate surface area is 207 Å². The average Bonchev–Trinajstić information content (AvgIpc) is 2.87. The second-order valence-corrected chi connectivity index (χ2v) is 9.10. The normalized spacial score (nSPS) is 10.7. The third kappa shape index (κ3) is 4.93. The van der Waals surface area contributed by atoms with Crippen LogP contribution in [0.4, 0.5) is 11.5 Å². The summed E-state index contributed by atoms with van der Waals surface area (Å²) in [6.45, 7) is 4.19. The van der Waals surface area contributed by atoms with Gasteiger partial charge in [0.15, 0.2) is 0 Å². The maximum absolute atomic E-state index is 12.7. The molecule has 4 aromatic rings. The van der Waals surface area contributed by atoms with Crippen molar-refractivity contribution >= 4 is 40.1 Å². The van der Waals surface area contributed by atoms with Crippen molar-refractivity contribution in [2.75, 3.05) is 16.8 Å². The highest BCUT2D eigenvalue weighted by Crippen LogP contribution is 2.36. The number of hydrogen-bond acceptors (Lipinski definition) is 7. The van der Waals surface area contributed by atoms with Crippen LogP contribution in [0, 0.1) is 22.7 Å². The molecule has 4 rings (SSSR count). The third-order valence-electron chi connectivity index (χ3n) is 5.54. The lowest BCUT2D eigenvalue weighted by Crippen LogP contribution is -2.15. The van der Waals surface area contributed by atoms with E-state index >= 15 is 0 Å². The fraction of sp³-hybridized carbons (Fsp3) is 0.148. The van der Waals surface area contributed by atoms with Crippen LogP contribution in [0.25, 0.3) is 22.0 Å². The average molecular weight is 479 g/mol. The number of nitrogens with two attached hydrogens (primary N) is 1. The van der Waals surface area contributed by atoms with E-state index in [-0.39, 0.29) is 28.6 Å². The molecular formula is C27H22N6OS. The van der Waals surface area contributed by atoms with Crippen LogP contribution >= 0.6 is 11.8 Å². The third-order valence-corrected chi connectivity index (χ3v) is 6.52. The minimum absolute atomic E-state index is 0.00932. The maximum Gasteiger partial charge on any atom is 0.234 e. The molecule has 0 fully saturated rings. The van der Waals surface area contributed by atoms with E-state index in [1.54, 1.807) is 6.20 Å². The summed E-state index contributed by atoms with van der Waals surface area (Å²) in [7, 11) is 0. The van der Waals surface area contributed by atoms with Gasteiger partial charge in [-0.1, -0.05) is 55.9 Å². The molecule has 0 unspecified atom stereocenters. The Morgan fingerprint density at radius 3 is 2.49 bits per heavy atom. The summed E-state index contributed by atoms with van der Waals surface area (Å²) in [6.07, 6.45) is 1.70. The molecule has 8 heteroatoms. The summed E-state index contributed by atoms with van der Waals surface area (Å²) in [6, 6.07) is 21.2. The van der Waals surface area contributed by atoms with Gasteiger partial charge in [-0.05, 0) is 41.3 Å². The van der Waals surface area contributed by atoms with E-state index in [1.807, 2.05) is 54.6 Å². The molecule has 2 heterocycles. The number of nitriles is 2. The number of amides is 1. The number of carbonyl (C=O) groups is 1. The first-order valence-electron chi connectivity index (χ1n) is 10.9. The first kappa shape index (κ1) is 23.7. The smallest absolute Gasteiger partial charge is 0.234 e. The van der Waals surface area contributed by atoms with Gasteiger partial charge in [-0.15, -0.1) is 0 Å². The molecule has 2 aromatic heterocycles. The number of nitrogen functional groups attached to an aromatic ring is 1. The van der Waals surface area contributed by atoms with Crippen molar-refractivity contribution in [3.05, 3.63) is 77.5 Å². The zero-order chi connectivity index (χ0) is 24.9. The second-order valence-electron chi connectivity index (χ2n) is 8.14. The van der Waals surface area contributed by atoms with Gasteiger partial charge in [0.1, 0.15) is 28.5 Å². The predicted octanol–water partition coefficient (Wildman–Crippen LogP) is 5.48. The number of thioether (sulfide) groups is 1. The Morgan fingerprint density at radius 1 is 1.06 bits per heavy atom. The summed E-state index contributed by atoms with van der Waals surface area (Å²) in [5.41, 5.74) is 10.2. The van der Waals surface area contributed by atoms with Crippen molar-refractivity contribution in [3.63, 3.8) is 0 Å². The number of nitrogens with zero attached hydrogens (tertiary/aromatic N) is 4. The highest BCUT2D eigenvalue weighted by atomic mass is 32.2. The van der Waals surface area contributed by atoms with E-state index < -0.39 is 0 Å². The molecule has 7 nitrogen and oxygen atoms in total. The van der Waals surface area contributed by atoms with Crippen LogP contribution in [0.2, 0.25) is 0 Å². The summed E-state index contributed by atoms with van der Waals surface area (Å²) in [5.74, 6) is 0.120. The number of nitrogens with one attached hydrogen (secondary N) is 1. The monoisotopic (exact) mass is 478 g/mol. The van der Waals surface area contributed by atoms with Crippen molar-refractivity contribution in [1.29, 1.82) is 10.5 Å². The van der Waals surface area contributed by atoms with E-state index in [1.165, 1.54) is 0 Å². The van der Waals surface area contributed by atoms with Gasteiger partial charge in [-0.25, -0.2) is 4.98 Å². The summed E-state index contributed by atoms with van der Waals surface area (Å²) >= 11 is 1.10. The molecular weight excluding hydrogens is 456 g/mol. The number of carbonyl (C=O) groups excluding carboxylic acids is 1. The van der Waals surface area contributed by atoms with Gasteiger partial charge in [0.25, 0.3) is 0 Å². The molecule has 0 bridgehead atoms. The predicted molar refractivity (Wildman–Crippen MR) is 139 cm³/mol. The molecule has 0 aliphatic rings. The van der Waals surface area contributed by atoms with Gasteiger partial charge in [0.2, 0.25) is 5.91 Å². The first-order valence-corrected chi connectivity index (χ1v) is 11.9. The number of anilines is 2. The Hall–Kier alpha value is -4.40. The lowest BCUT2D eigenvalue weighted by atomic mass is 9.94. The van der Waals surface area contributed by atoms with Crippen LogP contribution in [0.3, 0.4) is 0 Å². The Bertz CT molecular complexity index is 1490. The van der Waals surface area contributed by atoms with Crippen LogP contribution in [0.15, 0.2) is 65.8 Å². The van der Waals surface area contributed by atoms with Crippen LogP contribution < -0.4 is 11.1 Å². The van der Waals surface area contributed by atoms with Crippen molar-refractivity contribution in [1.82, 2.24) is 9.97 Å². The van der Waals surface area contributed by atoms with E-state index in [0.717, 1.165) is 28.2 Å². The van der Waals surface area contributed by atoms with Gasteiger partial charge >= 0.3 is 0 Å². The molecule has 0 aliphatic carbocycles. The molecule has 0 saturated carbocycles. The lowest BCUT2D eigenvalue weighted by molar-refractivity contribution is -0.113. The molecule has 172 valence electrons. The zero-order valence-electron chi connectivity index (χ0n) is 19.2. The molecule has 0 saturated heterocycles. The quantitative estimate of drug-likeness (QED) is 0.351. The largest absolute Gasteiger partial charge is 0.383 e. The summed E-state index contributed by atoms with van der Waals surface area (Å²) in [4.78, 5) is 21.3. The summed E-state index contributed by atoms with van der Waals surface area (Å²) < 4.78 is 0. The number of pyridine rings is 2. The van der Waals surface area contributed by atoms with Gasteiger partial charge in [-0.3, -0.25) is 9.78 Å². The minimum atomic E-state index is -0.261. The molecule has 0 spiro atoms. The number of fused-ring (bicyclic) bond motifs is 1. The van der Waals surface area contributed by atoms with Gasteiger partial charge in [0.05, 0.1) is 22.5 Å². The van der Waals surface area contributed by atoms with Crippen LogP contribution in [-0.2, 0) is 4.79 Å². The fourth-order valence-electron chi connectivity index (χ4n) is 3.76. The topological polar surface area (TPSA) is 128 Å². The Morgan fingerprint density at radius 2 is 1.80 bits per heavy atom. The van der Waals surface area contributed by atoms with Crippen molar-refractivity contribution in [3.8, 4) is 23.3 Å². The van der Waals surface area contributed by atoms with E-state index in [4.69, 9.17) is 5.73 Å². The Balaban J connectivity index is 1.63. The van der Waals surface area contributed by atoms with E-state index in [9.17, 15) is 15.3 Å². The first-order chi connectivity index (χ1) is 16.9. The van der Waals surface area contributed by atoms with Crippen molar-refractivity contribution in [2.45, 2.75) is 24.8 Å². The van der Waals surface area contributed by atoms with Crippen LogP contribution in [0.1, 0.15) is 36.5 Å².